The third kappa shape index (κ3) is 1.70. The lowest BCUT2D eigenvalue weighted by Gasteiger charge is -2.28. The molecular formula is C22H24. The third-order valence-corrected chi connectivity index (χ3v) is 6.13. The van der Waals surface area contributed by atoms with Gasteiger partial charge in [-0.15, -0.1) is 0 Å². The van der Waals surface area contributed by atoms with Gasteiger partial charge >= 0.3 is 0 Å². The molecule has 1 saturated carbocycles. The van der Waals surface area contributed by atoms with Crippen molar-refractivity contribution in [3.8, 4) is 11.1 Å². The van der Waals surface area contributed by atoms with Crippen LogP contribution >= 0.6 is 0 Å². The maximum atomic E-state index is 4.47. The Hall–Kier alpha value is -1.82. The van der Waals surface area contributed by atoms with E-state index in [-0.39, 0.29) is 5.41 Å². The van der Waals surface area contributed by atoms with E-state index in [1.807, 2.05) is 0 Å². The Kier molecular flexibility index (Phi) is 3.04. The van der Waals surface area contributed by atoms with Gasteiger partial charge in [0.15, 0.2) is 0 Å². The summed E-state index contributed by atoms with van der Waals surface area (Å²) in [7, 11) is 0. The van der Waals surface area contributed by atoms with Gasteiger partial charge in [0, 0.05) is 5.41 Å². The molecule has 2 aromatic carbocycles. The molecule has 0 heteroatoms. The van der Waals surface area contributed by atoms with E-state index >= 15 is 0 Å². The van der Waals surface area contributed by atoms with Crippen LogP contribution in [0.4, 0.5) is 0 Å². The highest BCUT2D eigenvalue weighted by atomic mass is 14.5. The minimum Gasteiger partial charge on any atom is -0.0995 e. The number of fused-ring (bicyclic) bond motifs is 5. The quantitative estimate of drug-likeness (QED) is 0.598. The normalized spacial score (nSPS) is 22.6. The maximum Gasteiger partial charge on any atom is 0.0258 e. The summed E-state index contributed by atoms with van der Waals surface area (Å²) in [5, 5.41) is 0. The summed E-state index contributed by atoms with van der Waals surface area (Å²) in [4.78, 5) is 0. The fraction of sp³-hybridized carbons (Fsp3) is 0.364. The van der Waals surface area contributed by atoms with Crippen molar-refractivity contribution in [2.45, 2.75) is 38.5 Å². The molecule has 0 heterocycles. The molecule has 22 heavy (non-hydrogen) atoms. The number of hydrogen-bond donors (Lipinski definition) is 0. The van der Waals surface area contributed by atoms with Crippen molar-refractivity contribution in [1.82, 2.24) is 0 Å². The zero-order chi connectivity index (χ0) is 15.3. The van der Waals surface area contributed by atoms with E-state index < -0.39 is 0 Å². The lowest BCUT2D eigenvalue weighted by molar-refractivity contribution is 0.374. The molecule has 4 rings (SSSR count). The molecule has 0 aromatic heterocycles. The largest absolute Gasteiger partial charge is 0.0995 e. The van der Waals surface area contributed by atoms with Crippen molar-refractivity contribution in [2.75, 3.05) is 0 Å². The highest BCUT2D eigenvalue weighted by Gasteiger charge is 2.49. The highest BCUT2D eigenvalue weighted by molar-refractivity contribution is 5.81. The highest BCUT2D eigenvalue weighted by Crippen LogP contribution is 2.60. The van der Waals surface area contributed by atoms with Gasteiger partial charge in [-0.1, -0.05) is 81.0 Å². The van der Waals surface area contributed by atoms with Crippen molar-refractivity contribution in [2.24, 2.45) is 11.8 Å². The van der Waals surface area contributed by atoms with Gasteiger partial charge in [0.1, 0.15) is 0 Å². The number of hydrogen-bond acceptors (Lipinski definition) is 0. The Morgan fingerprint density at radius 1 is 1.05 bits per heavy atom. The van der Waals surface area contributed by atoms with Gasteiger partial charge in [0.25, 0.3) is 0 Å². The van der Waals surface area contributed by atoms with Crippen LogP contribution < -0.4 is 0 Å². The second-order valence-electron chi connectivity index (χ2n) is 7.20. The van der Waals surface area contributed by atoms with Crippen LogP contribution in [0.3, 0.4) is 0 Å². The fourth-order valence-corrected chi connectivity index (χ4v) is 4.82. The summed E-state index contributed by atoms with van der Waals surface area (Å²) in [6, 6.07) is 18.0. The van der Waals surface area contributed by atoms with E-state index in [9.17, 15) is 0 Å². The van der Waals surface area contributed by atoms with Crippen molar-refractivity contribution in [3.63, 3.8) is 0 Å². The zero-order valence-corrected chi connectivity index (χ0v) is 13.6. The summed E-state index contributed by atoms with van der Waals surface area (Å²) in [6.45, 7) is 9.16. The van der Waals surface area contributed by atoms with Gasteiger partial charge < -0.3 is 0 Å². The Bertz CT molecular complexity index is 692. The van der Waals surface area contributed by atoms with Crippen LogP contribution in [0.25, 0.3) is 11.1 Å². The lowest BCUT2D eigenvalue weighted by Crippen LogP contribution is -2.22. The Labute approximate surface area is 133 Å². The molecule has 112 valence electrons. The van der Waals surface area contributed by atoms with E-state index in [2.05, 4.69) is 69.0 Å². The first-order valence-corrected chi connectivity index (χ1v) is 8.54. The number of benzene rings is 2. The van der Waals surface area contributed by atoms with Crippen LogP contribution in [-0.2, 0) is 5.41 Å². The van der Waals surface area contributed by atoms with E-state index in [0.717, 1.165) is 12.3 Å². The predicted molar refractivity (Wildman–Crippen MR) is 94.0 cm³/mol. The molecule has 1 spiro atoms. The molecule has 1 fully saturated rings. The topological polar surface area (TPSA) is 0 Å². The average molecular weight is 288 g/mol. The predicted octanol–water partition coefficient (Wildman–Crippen LogP) is 5.97. The van der Waals surface area contributed by atoms with Crippen LogP contribution in [0.2, 0.25) is 0 Å². The first-order chi connectivity index (χ1) is 10.7. The molecule has 2 aliphatic carbocycles. The van der Waals surface area contributed by atoms with Gasteiger partial charge in [-0.05, 0) is 46.9 Å². The fourth-order valence-electron chi connectivity index (χ4n) is 4.82. The molecule has 0 saturated heterocycles. The minimum absolute atomic E-state index is 0.179. The molecule has 0 nitrogen and oxygen atoms in total. The average Bonchev–Trinajstić information content (AvgIpc) is 3.05. The standard InChI is InChI=1S/C22H24/c1-4-15(2)19-14-22(13-16(19)3)20-11-7-5-9-17(20)18-10-6-8-12-21(18)22/h5-12,15,19H,3-4,13-14H2,1-2H3. The lowest BCUT2D eigenvalue weighted by atomic mass is 9.75. The summed E-state index contributed by atoms with van der Waals surface area (Å²) >= 11 is 0. The summed E-state index contributed by atoms with van der Waals surface area (Å²) in [5.74, 6) is 1.39. The molecule has 2 atom stereocenters. The Morgan fingerprint density at radius 2 is 1.59 bits per heavy atom. The van der Waals surface area contributed by atoms with Gasteiger partial charge in [0.05, 0.1) is 0 Å². The minimum atomic E-state index is 0.179. The van der Waals surface area contributed by atoms with E-state index in [1.165, 1.54) is 40.7 Å². The van der Waals surface area contributed by atoms with Crippen LogP contribution in [-0.4, -0.2) is 0 Å². The monoisotopic (exact) mass is 288 g/mol. The SMILES string of the molecule is C=C1CC2(CC1C(C)CC)c1ccccc1-c1ccccc12. The van der Waals surface area contributed by atoms with Crippen LogP contribution in [0.1, 0.15) is 44.2 Å². The van der Waals surface area contributed by atoms with Gasteiger partial charge in [-0.2, -0.15) is 0 Å². The second kappa shape index (κ2) is 4.84. The Morgan fingerprint density at radius 3 is 2.14 bits per heavy atom. The third-order valence-electron chi connectivity index (χ3n) is 6.13. The van der Waals surface area contributed by atoms with Gasteiger partial charge in [-0.25, -0.2) is 0 Å². The molecule has 0 radical (unpaired) electrons. The van der Waals surface area contributed by atoms with Crippen molar-refractivity contribution in [1.29, 1.82) is 0 Å². The van der Waals surface area contributed by atoms with E-state index in [1.54, 1.807) is 0 Å². The first kappa shape index (κ1) is 13.8. The molecule has 0 N–H and O–H groups in total. The van der Waals surface area contributed by atoms with E-state index in [0.29, 0.717) is 5.92 Å². The summed E-state index contributed by atoms with van der Waals surface area (Å²) < 4.78 is 0. The van der Waals surface area contributed by atoms with Crippen molar-refractivity contribution < 1.29 is 0 Å². The molecule has 2 aromatic rings. The Balaban J connectivity index is 1.91. The zero-order valence-electron chi connectivity index (χ0n) is 13.6. The van der Waals surface area contributed by atoms with Crippen LogP contribution in [0.5, 0.6) is 0 Å². The molecule has 0 bridgehead atoms. The van der Waals surface area contributed by atoms with Crippen molar-refractivity contribution in [3.05, 3.63) is 71.8 Å². The number of rotatable bonds is 2. The summed E-state index contributed by atoms with van der Waals surface area (Å²) in [6.07, 6.45) is 3.59. The summed E-state index contributed by atoms with van der Waals surface area (Å²) in [5.41, 5.74) is 7.58. The first-order valence-electron chi connectivity index (χ1n) is 8.54. The second-order valence-corrected chi connectivity index (χ2v) is 7.20. The van der Waals surface area contributed by atoms with Crippen LogP contribution in [0.15, 0.2) is 60.7 Å². The molecule has 0 aliphatic heterocycles. The smallest absolute Gasteiger partial charge is 0.0258 e. The number of allylic oxidation sites excluding steroid dienone is 1. The van der Waals surface area contributed by atoms with Gasteiger partial charge in [-0.3, -0.25) is 0 Å². The maximum absolute atomic E-state index is 4.47. The molecule has 2 aliphatic rings. The van der Waals surface area contributed by atoms with Crippen LogP contribution in [0, 0.1) is 11.8 Å². The molecule has 0 amide bonds. The van der Waals surface area contributed by atoms with Gasteiger partial charge in [0.2, 0.25) is 0 Å². The van der Waals surface area contributed by atoms with Crippen molar-refractivity contribution >= 4 is 0 Å². The molecular weight excluding hydrogens is 264 g/mol. The van der Waals surface area contributed by atoms with E-state index in [4.69, 9.17) is 0 Å². The molecule has 2 unspecified atom stereocenters.